The van der Waals surface area contributed by atoms with Crippen LogP contribution >= 0.6 is 27.5 Å². The molecule has 3 nitrogen and oxygen atoms in total. The molecule has 1 heterocycles. The van der Waals surface area contributed by atoms with E-state index in [2.05, 4.69) is 20.8 Å². The lowest BCUT2D eigenvalue weighted by molar-refractivity contribution is -0.00385. The topological polar surface area (TPSA) is 21.7 Å². The molecule has 0 aliphatic carbocycles. The third kappa shape index (κ3) is 4.12. The zero-order valence-corrected chi connectivity index (χ0v) is 12.5. The maximum atomic E-state index is 5.92. The van der Waals surface area contributed by atoms with Crippen LogP contribution in [0.25, 0.3) is 0 Å². The van der Waals surface area contributed by atoms with Gasteiger partial charge in [-0.15, -0.1) is 11.6 Å². The van der Waals surface area contributed by atoms with Crippen molar-refractivity contribution in [1.82, 2.24) is 4.90 Å². The Balaban J connectivity index is 1.77. The molecular weight excluding hydrogens is 318 g/mol. The summed E-state index contributed by atoms with van der Waals surface area (Å²) in [6.45, 7) is 3.99. The van der Waals surface area contributed by atoms with E-state index >= 15 is 0 Å². The molecule has 100 valence electrons. The first-order valence-electron chi connectivity index (χ1n) is 6.05. The van der Waals surface area contributed by atoms with Crippen molar-refractivity contribution in [2.45, 2.75) is 6.04 Å². The summed E-state index contributed by atoms with van der Waals surface area (Å²) in [5.74, 6) is 1.50. The molecule has 0 spiro atoms. The van der Waals surface area contributed by atoms with E-state index in [0.717, 1.165) is 36.5 Å². The largest absolute Gasteiger partial charge is 0.492 e. The number of morpholine rings is 1. The number of ether oxygens (including phenoxy) is 2. The SMILES string of the molecule is ClCC1COCCN1CCOc1cccc(Br)c1. The Labute approximate surface area is 121 Å². The van der Waals surface area contributed by atoms with Crippen LogP contribution in [0.2, 0.25) is 0 Å². The molecule has 1 fully saturated rings. The number of benzene rings is 1. The van der Waals surface area contributed by atoms with Gasteiger partial charge < -0.3 is 9.47 Å². The van der Waals surface area contributed by atoms with Gasteiger partial charge in [0.25, 0.3) is 0 Å². The lowest BCUT2D eigenvalue weighted by Crippen LogP contribution is -2.48. The van der Waals surface area contributed by atoms with Crippen LogP contribution in [-0.4, -0.2) is 49.7 Å². The lowest BCUT2D eigenvalue weighted by atomic mass is 10.2. The lowest BCUT2D eigenvalue weighted by Gasteiger charge is -2.34. The second-order valence-electron chi connectivity index (χ2n) is 4.22. The molecule has 0 aromatic heterocycles. The van der Waals surface area contributed by atoms with Crippen molar-refractivity contribution >= 4 is 27.5 Å². The molecule has 1 saturated heterocycles. The molecule has 1 aromatic rings. The molecule has 0 saturated carbocycles. The normalized spacial score (nSPS) is 20.9. The third-order valence-electron chi connectivity index (χ3n) is 2.97. The van der Waals surface area contributed by atoms with Gasteiger partial charge >= 0.3 is 0 Å². The minimum atomic E-state index is 0.312. The van der Waals surface area contributed by atoms with E-state index in [1.807, 2.05) is 24.3 Å². The molecule has 1 aromatic carbocycles. The van der Waals surface area contributed by atoms with Crippen molar-refractivity contribution in [3.05, 3.63) is 28.7 Å². The van der Waals surface area contributed by atoms with Crippen molar-refractivity contribution in [2.75, 3.05) is 38.8 Å². The van der Waals surface area contributed by atoms with E-state index in [1.165, 1.54) is 0 Å². The van der Waals surface area contributed by atoms with Crippen molar-refractivity contribution in [3.63, 3.8) is 0 Å². The van der Waals surface area contributed by atoms with Crippen LogP contribution in [0.15, 0.2) is 28.7 Å². The first-order valence-corrected chi connectivity index (χ1v) is 7.38. The molecule has 2 rings (SSSR count). The number of nitrogens with zero attached hydrogens (tertiary/aromatic N) is 1. The fourth-order valence-electron chi connectivity index (χ4n) is 1.96. The summed E-state index contributed by atoms with van der Waals surface area (Å²) in [5.41, 5.74) is 0. The van der Waals surface area contributed by atoms with Crippen LogP contribution in [0.3, 0.4) is 0 Å². The van der Waals surface area contributed by atoms with Gasteiger partial charge in [0.2, 0.25) is 0 Å². The molecule has 18 heavy (non-hydrogen) atoms. The van der Waals surface area contributed by atoms with Gasteiger partial charge in [-0.05, 0) is 18.2 Å². The Bertz CT molecular complexity index is 378. The number of alkyl halides is 1. The van der Waals surface area contributed by atoms with E-state index in [1.54, 1.807) is 0 Å². The Morgan fingerprint density at radius 2 is 2.39 bits per heavy atom. The smallest absolute Gasteiger partial charge is 0.120 e. The highest BCUT2D eigenvalue weighted by molar-refractivity contribution is 9.10. The molecule has 1 aliphatic heterocycles. The predicted molar refractivity (Wildman–Crippen MR) is 76.5 cm³/mol. The van der Waals surface area contributed by atoms with E-state index in [9.17, 15) is 0 Å². The van der Waals surface area contributed by atoms with Gasteiger partial charge in [-0.25, -0.2) is 0 Å². The van der Waals surface area contributed by atoms with Gasteiger partial charge in [-0.1, -0.05) is 22.0 Å². The summed E-state index contributed by atoms with van der Waals surface area (Å²) < 4.78 is 12.2. The second-order valence-corrected chi connectivity index (χ2v) is 5.45. The molecule has 1 aliphatic rings. The Kier molecular flexibility index (Phi) is 5.76. The summed E-state index contributed by atoms with van der Waals surface area (Å²) in [5, 5.41) is 0. The quantitative estimate of drug-likeness (QED) is 0.773. The van der Waals surface area contributed by atoms with Crippen LogP contribution in [0, 0.1) is 0 Å². The first kappa shape index (κ1) is 14.1. The molecule has 1 atom stereocenters. The summed E-state index contributed by atoms with van der Waals surface area (Å²) in [4.78, 5) is 2.33. The second kappa shape index (κ2) is 7.34. The van der Waals surface area contributed by atoms with Gasteiger partial charge in [0, 0.05) is 29.5 Å². The zero-order chi connectivity index (χ0) is 12.8. The summed E-state index contributed by atoms with van der Waals surface area (Å²) in [6.07, 6.45) is 0. The van der Waals surface area contributed by atoms with Crippen LogP contribution in [0.4, 0.5) is 0 Å². The van der Waals surface area contributed by atoms with Gasteiger partial charge in [0.1, 0.15) is 12.4 Å². The monoisotopic (exact) mass is 333 g/mol. The maximum Gasteiger partial charge on any atom is 0.120 e. The summed E-state index contributed by atoms with van der Waals surface area (Å²) in [6, 6.07) is 8.20. The highest BCUT2D eigenvalue weighted by Crippen LogP contribution is 2.17. The molecule has 0 N–H and O–H groups in total. The fourth-order valence-corrected chi connectivity index (χ4v) is 2.63. The van der Waals surface area contributed by atoms with E-state index in [0.29, 0.717) is 18.5 Å². The van der Waals surface area contributed by atoms with Gasteiger partial charge in [-0.3, -0.25) is 4.90 Å². The standard InChI is InChI=1S/C13H17BrClNO2/c14-11-2-1-3-13(8-11)18-7-5-16-4-6-17-10-12(16)9-15/h1-3,8,12H,4-7,9-10H2. The van der Waals surface area contributed by atoms with Crippen LogP contribution in [0.1, 0.15) is 0 Å². The molecule has 0 bridgehead atoms. The molecule has 5 heteroatoms. The fraction of sp³-hybridized carbons (Fsp3) is 0.538. The molecule has 1 unspecified atom stereocenters. The number of halogens is 2. The number of hydrogen-bond acceptors (Lipinski definition) is 3. The van der Waals surface area contributed by atoms with Crippen LogP contribution in [-0.2, 0) is 4.74 Å². The molecule has 0 amide bonds. The minimum absolute atomic E-state index is 0.312. The summed E-state index contributed by atoms with van der Waals surface area (Å²) in [7, 11) is 0. The van der Waals surface area contributed by atoms with E-state index in [-0.39, 0.29) is 0 Å². The van der Waals surface area contributed by atoms with Crippen LogP contribution in [0.5, 0.6) is 5.75 Å². The van der Waals surface area contributed by atoms with Gasteiger partial charge in [0.05, 0.1) is 13.2 Å². The Morgan fingerprint density at radius 1 is 1.50 bits per heavy atom. The predicted octanol–water partition coefficient (Wildman–Crippen LogP) is 2.77. The first-order chi connectivity index (χ1) is 8.79. The highest BCUT2D eigenvalue weighted by atomic mass is 79.9. The van der Waals surface area contributed by atoms with Crippen LogP contribution < -0.4 is 4.74 Å². The van der Waals surface area contributed by atoms with Crippen molar-refractivity contribution in [2.24, 2.45) is 0 Å². The van der Waals surface area contributed by atoms with E-state index < -0.39 is 0 Å². The minimum Gasteiger partial charge on any atom is -0.492 e. The zero-order valence-electron chi connectivity index (χ0n) is 10.1. The van der Waals surface area contributed by atoms with E-state index in [4.69, 9.17) is 21.1 Å². The molecular formula is C13H17BrClNO2. The van der Waals surface area contributed by atoms with Gasteiger partial charge in [0.15, 0.2) is 0 Å². The average molecular weight is 335 g/mol. The van der Waals surface area contributed by atoms with Crippen molar-refractivity contribution in [3.8, 4) is 5.75 Å². The number of hydrogen-bond donors (Lipinski definition) is 0. The Morgan fingerprint density at radius 3 is 3.17 bits per heavy atom. The van der Waals surface area contributed by atoms with Crippen molar-refractivity contribution in [1.29, 1.82) is 0 Å². The van der Waals surface area contributed by atoms with Gasteiger partial charge in [-0.2, -0.15) is 0 Å². The highest BCUT2D eigenvalue weighted by Gasteiger charge is 2.21. The summed E-state index contributed by atoms with van der Waals surface area (Å²) >= 11 is 9.35. The maximum absolute atomic E-state index is 5.92. The number of rotatable bonds is 5. The Hall–Kier alpha value is -0.290. The average Bonchev–Trinajstić information content (AvgIpc) is 2.39. The van der Waals surface area contributed by atoms with Crippen molar-refractivity contribution < 1.29 is 9.47 Å². The molecule has 0 radical (unpaired) electrons. The third-order valence-corrected chi connectivity index (χ3v) is 3.82.